The number of hydrogen-bond acceptors (Lipinski definition) is 5. The molecule has 4 aromatic rings. The number of rotatable bonds is 4. The molecule has 130 valence electrons. The Labute approximate surface area is 149 Å². The van der Waals surface area contributed by atoms with Crippen molar-refractivity contribution in [1.82, 2.24) is 25.0 Å². The average molecular weight is 347 g/mol. The summed E-state index contributed by atoms with van der Waals surface area (Å²) in [6, 6.07) is 9.62. The lowest BCUT2D eigenvalue weighted by Crippen LogP contribution is -2.24. The van der Waals surface area contributed by atoms with Crippen LogP contribution in [-0.2, 0) is 6.54 Å². The van der Waals surface area contributed by atoms with E-state index in [9.17, 15) is 4.79 Å². The lowest BCUT2D eigenvalue weighted by atomic mass is 10.1. The molecule has 4 rings (SSSR count). The first-order valence-corrected chi connectivity index (χ1v) is 8.21. The summed E-state index contributed by atoms with van der Waals surface area (Å²) < 4.78 is 7.12. The average Bonchev–Trinajstić information content (AvgIpc) is 3.30. The molecule has 3 heterocycles. The molecule has 1 amide bonds. The zero-order chi connectivity index (χ0) is 18.1. The summed E-state index contributed by atoms with van der Waals surface area (Å²) in [5.41, 5.74) is 4.22. The molecule has 0 aliphatic rings. The molecule has 0 aliphatic heterocycles. The Morgan fingerprint density at radius 2 is 2.12 bits per heavy atom. The van der Waals surface area contributed by atoms with Gasteiger partial charge in [0, 0.05) is 24.6 Å². The second-order valence-electron chi connectivity index (χ2n) is 6.04. The van der Waals surface area contributed by atoms with Crippen molar-refractivity contribution in [1.29, 1.82) is 0 Å². The first kappa shape index (κ1) is 16.0. The number of hydrogen-bond donors (Lipinski definition) is 1. The molecule has 0 saturated heterocycles. The van der Waals surface area contributed by atoms with E-state index >= 15 is 0 Å². The number of fused-ring (bicyclic) bond motifs is 1. The van der Waals surface area contributed by atoms with Crippen LogP contribution in [0.25, 0.3) is 16.8 Å². The van der Waals surface area contributed by atoms with Gasteiger partial charge >= 0.3 is 0 Å². The molecule has 0 radical (unpaired) electrons. The van der Waals surface area contributed by atoms with E-state index in [0.717, 1.165) is 11.3 Å². The molecule has 0 spiro atoms. The molecule has 0 atom stereocenters. The lowest BCUT2D eigenvalue weighted by molar-refractivity contribution is 0.0952. The van der Waals surface area contributed by atoms with Gasteiger partial charge in [0.15, 0.2) is 0 Å². The van der Waals surface area contributed by atoms with E-state index < -0.39 is 0 Å². The van der Waals surface area contributed by atoms with E-state index in [1.165, 1.54) is 0 Å². The molecular weight excluding hydrogens is 330 g/mol. The van der Waals surface area contributed by atoms with E-state index in [2.05, 4.69) is 20.4 Å². The van der Waals surface area contributed by atoms with Crippen LogP contribution < -0.4 is 5.32 Å². The summed E-state index contributed by atoms with van der Waals surface area (Å²) in [6.07, 6.45) is 5.33. The highest BCUT2D eigenvalue weighted by Gasteiger charge is 2.18. The van der Waals surface area contributed by atoms with Gasteiger partial charge in [-0.05, 0) is 31.5 Å². The van der Waals surface area contributed by atoms with Gasteiger partial charge in [0.05, 0.1) is 28.7 Å². The fourth-order valence-electron chi connectivity index (χ4n) is 2.98. The van der Waals surface area contributed by atoms with Crippen molar-refractivity contribution < 1.29 is 9.32 Å². The molecule has 1 N–H and O–H groups in total. The van der Waals surface area contributed by atoms with E-state index in [-0.39, 0.29) is 5.91 Å². The number of nitrogens with one attached hydrogen (secondary N) is 1. The summed E-state index contributed by atoms with van der Waals surface area (Å²) in [5.74, 6) is -0.188. The van der Waals surface area contributed by atoms with Crippen LogP contribution in [0.15, 0.2) is 53.6 Å². The number of benzene rings is 1. The molecule has 0 aliphatic carbocycles. The van der Waals surface area contributed by atoms with Crippen molar-refractivity contribution in [2.75, 3.05) is 0 Å². The molecule has 7 nitrogen and oxygen atoms in total. The number of imidazole rings is 1. The number of aromatic nitrogens is 4. The van der Waals surface area contributed by atoms with Gasteiger partial charge in [-0.2, -0.15) is 0 Å². The highest BCUT2D eigenvalue weighted by atomic mass is 16.5. The second kappa shape index (κ2) is 6.44. The van der Waals surface area contributed by atoms with Crippen LogP contribution in [0.5, 0.6) is 0 Å². The van der Waals surface area contributed by atoms with E-state index in [4.69, 9.17) is 4.52 Å². The summed E-state index contributed by atoms with van der Waals surface area (Å²) in [4.78, 5) is 21.2. The SMILES string of the molecule is Cc1cc(C(=O)NCc2ccccc2-n2ccnc2)c2c(C)noc2n1. The van der Waals surface area contributed by atoms with Gasteiger partial charge in [-0.15, -0.1) is 0 Å². The molecule has 7 heteroatoms. The maximum atomic E-state index is 12.8. The van der Waals surface area contributed by atoms with Crippen LogP contribution >= 0.6 is 0 Å². The standard InChI is InChI=1S/C19H17N5O2/c1-12-9-15(17-13(2)23-26-19(17)22-12)18(25)21-10-14-5-3-4-6-16(14)24-8-7-20-11-24/h3-9,11H,10H2,1-2H3,(H,21,25). The third-order valence-corrected chi connectivity index (χ3v) is 4.20. The first-order valence-electron chi connectivity index (χ1n) is 8.21. The van der Waals surface area contributed by atoms with Gasteiger partial charge in [0.1, 0.15) is 0 Å². The van der Waals surface area contributed by atoms with Crippen molar-refractivity contribution in [3.63, 3.8) is 0 Å². The van der Waals surface area contributed by atoms with Gasteiger partial charge in [0.2, 0.25) is 0 Å². The predicted molar refractivity (Wildman–Crippen MR) is 96.0 cm³/mol. The fourth-order valence-corrected chi connectivity index (χ4v) is 2.98. The minimum atomic E-state index is -0.188. The minimum absolute atomic E-state index is 0.188. The first-order chi connectivity index (χ1) is 12.6. The third-order valence-electron chi connectivity index (χ3n) is 4.20. The van der Waals surface area contributed by atoms with Crippen molar-refractivity contribution in [3.8, 4) is 5.69 Å². The van der Waals surface area contributed by atoms with Crippen LogP contribution in [0.3, 0.4) is 0 Å². The van der Waals surface area contributed by atoms with Crippen molar-refractivity contribution in [3.05, 3.63) is 71.6 Å². The Morgan fingerprint density at radius 3 is 2.92 bits per heavy atom. The Balaban J connectivity index is 1.62. The molecule has 3 aromatic heterocycles. The highest BCUT2D eigenvalue weighted by molar-refractivity contribution is 6.06. The monoisotopic (exact) mass is 347 g/mol. The second-order valence-corrected chi connectivity index (χ2v) is 6.04. The van der Waals surface area contributed by atoms with Crippen LogP contribution in [0.2, 0.25) is 0 Å². The number of carbonyl (C=O) groups is 1. The van der Waals surface area contributed by atoms with Crippen LogP contribution in [0.4, 0.5) is 0 Å². The van der Waals surface area contributed by atoms with Gasteiger partial charge in [-0.25, -0.2) is 9.97 Å². The van der Waals surface area contributed by atoms with Crippen LogP contribution in [0, 0.1) is 13.8 Å². The van der Waals surface area contributed by atoms with E-state index in [0.29, 0.717) is 34.6 Å². The summed E-state index contributed by atoms with van der Waals surface area (Å²) in [7, 11) is 0. The lowest BCUT2D eigenvalue weighted by Gasteiger charge is -2.12. The third kappa shape index (κ3) is 2.83. The summed E-state index contributed by atoms with van der Waals surface area (Å²) in [6.45, 7) is 4.01. The Bertz CT molecular complexity index is 1080. The van der Waals surface area contributed by atoms with Crippen molar-refractivity contribution in [2.24, 2.45) is 0 Å². The minimum Gasteiger partial charge on any atom is -0.348 e. The van der Waals surface area contributed by atoms with Crippen LogP contribution in [-0.4, -0.2) is 25.6 Å². The van der Waals surface area contributed by atoms with E-state index in [1.807, 2.05) is 42.0 Å². The maximum Gasteiger partial charge on any atom is 0.258 e. The Morgan fingerprint density at radius 1 is 1.27 bits per heavy atom. The summed E-state index contributed by atoms with van der Waals surface area (Å²) in [5, 5.41) is 7.55. The number of aryl methyl sites for hydroxylation is 2. The summed E-state index contributed by atoms with van der Waals surface area (Å²) >= 11 is 0. The molecule has 1 aromatic carbocycles. The number of para-hydroxylation sites is 1. The molecule has 0 fully saturated rings. The fraction of sp³-hybridized carbons (Fsp3) is 0.158. The smallest absolute Gasteiger partial charge is 0.258 e. The predicted octanol–water partition coefficient (Wildman–Crippen LogP) is 2.96. The maximum absolute atomic E-state index is 12.8. The highest BCUT2D eigenvalue weighted by Crippen LogP contribution is 2.22. The van der Waals surface area contributed by atoms with Crippen LogP contribution in [0.1, 0.15) is 27.3 Å². The van der Waals surface area contributed by atoms with E-state index in [1.54, 1.807) is 25.5 Å². The van der Waals surface area contributed by atoms with Crippen molar-refractivity contribution >= 4 is 17.0 Å². The Kier molecular flexibility index (Phi) is 3.96. The molecule has 0 unspecified atom stereocenters. The number of carbonyl (C=O) groups excluding carboxylic acids is 1. The quantitative estimate of drug-likeness (QED) is 0.613. The van der Waals surface area contributed by atoms with Gasteiger partial charge in [0.25, 0.3) is 11.6 Å². The topological polar surface area (TPSA) is 85.8 Å². The number of nitrogens with zero attached hydrogens (tertiary/aromatic N) is 4. The number of pyridine rings is 1. The zero-order valence-corrected chi connectivity index (χ0v) is 14.4. The molecule has 0 saturated carbocycles. The Hall–Kier alpha value is -3.48. The molecule has 0 bridgehead atoms. The number of amides is 1. The van der Waals surface area contributed by atoms with Gasteiger partial charge < -0.3 is 14.4 Å². The van der Waals surface area contributed by atoms with Crippen molar-refractivity contribution in [2.45, 2.75) is 20.4 Å². The molecule has 26 heavy (non-hydrogen) atoms. The largest absolute Gasteiger partial charge is 0.348 e. The van der Waals surface area contributed by atoms with Gasteiger partial charge in [-0.1, -0.05) is 23.4 Å². The molecular formula is C19H17N5O2. The normalized spacial score (nSPS) is 11.0. The van der Waals surface area contributed by atoms with Gasteiger partial charge in [-0.3, -0.25) is 4.79 Å². The zero-order valence-electron chi connectivity index (χ0n) is 14.4.